The van der Waals surface area contributed by atoms with Crippen molar-refractivity contribution in [1.82, 2.24) is 0 Å². The van der Waals surface area contributed by atoms with Crippen LogP contribution in [0.3, 0.4) is 0 Å². The van der Waals surface area contributed by atoms with Gasteiger partial charge in [0.25, 0.3) is 0 Å². The minimum absolute atomic E-state index is 0.118. The van der Waals surface area contributed by atoms with Crippen LogP contribution < -0.4 is 0 Å². The number of carboxylic acids is 1. The van der Waals surface area contributed by atoms with Gasteiger partial charge in [0.1, 0.15) is 85.5 Å². The molecule has 14 N–H and O–H groups in total. The van der Waals surface area contributed by atoms with Gasteiger partial charge in [0.05, 0.1) is 44.1 Å². The Kier molecular flexibility index (Phi) is 19.5. The van der Waals surface area contributed by atoms with Crippen molar-refractivity contribution in [1.29, 1.82) is 0 Å². The number of fused-ring (bicyclic) bond motifs is 7. The Bertz CT molecular complexity index is 2510. The van der Waals surface area contributed by atoms with Gasteiger partial charge in [-0.3, -0.25) is 4.79 Å². The van der Waals surface area contributed by atoms with Gasteiger partial charge in [0.2, 0.25) is 0 Å². The van der Waals surface area contributed by atoms with E-state index in [0.717, 1.165) is 5.57 Å². The van der Waals surface area contributed by atoms with Crippen LogP contribution in [0.1, 0.15) is 114 Å². The fraction of sp³-hybridized carbons (Fsp3) is 0.881. The molecule has 0 aromatic carbocycles. The van der Waals surface area contributed by atoms with Crippen molar-refractivity contribution in [3.63, 3.8) is 0 Å². The molecule has 30 atom stereocenters. The zero-order valence-corrected chi connectivity index (χ0v) is 50.1. The van der Waals surface area contributed by atoms with Crippen LogP contribution in [0.15, 0.2) is 23.3 Å². The van der Waals surface area contributed by atoms with Crippen molar-refractivity contribution in [3.05, 3.63) is 23.3 Å². The van der Waals surface area contributed by atoms with Crippen LogP contribution in [-0.2, 0) is 61.8 Å². The van der Waals surface area contributed by atoms with Gasteiger partial charge in [-0.15, -0.1) is 0 Å². The fourth-order valence-electron chi connectivity index (χ4n) is 17.2. The second-order valence-corrected chi connectivity index (χ2v) is 27.5. The average Bonchev–Trinajstić information content (AvgIpc) is 0.672. The zero-order valence-electron chi connectivity index (χ0n) is 50.1. The summed E-state index contributed by atoms with van der Waals surface area (Å²) in [6.45, 7) is 14.3. The lowest BCUT2D eigenvalue weighted by Gasteiger charge is -2.72. The van der Waals surface area contributed by atoms with Crippen LogP contribution in [0.2, 0.25) is 0 Å². The van der Waals surface area contributed by atoms with Gasteiger partial charge in [-0.25, -0.2) is 9.59 Å². The first-order valence-corrected chi connectivity index (χ1v) is 30.0. The van der Waals surface area contributed by atoms with Gasteiger partial charge >= 0.3 is 17.9 Å². The lowest BCUT2D eigenvalue weighted by atomic mass is 9.33. The van der Waals surface area contributed by atoms with Crippen molar-refractivity contribution in [2.75, 3.05) is 26.4 Å². The molecule has 27 nitrogen and oxygen atoms in total. The third-order valence-corrected chi connectivity index (χ3v) is 22.3. The maximum atomic E-state index is 13.5. The number of carbonyl (C=O) groups excluding carboxylic acids is 2. The van der Waals surface area contributed by atoms with Gasteiger partial charge in [0.15, 0.2) is 37.6 Å². The summed E-state index contributed by atoms with van der Waals surface area (Å²) in [5.74, 6) is -4.02. The van der Waals surface area contributed by atoms with Crippen molar-refractivity contribution in [2.45, 2.75) is 249 Å². The second kappa shape index (κ2) is 24.9. The van der Waals surface area contributed by atoms with Crippen molar-refractivity contribution < 1.29 is 133 Å². The van der Waals surface area contributed by atoms with Gasteiger partial charge in [-0.2, -0.15) is 0 Å². The molecule has 490 valence electrons. The van der Waals surface area contributed by atoms with Gasteiger partial charge < -0.3 is 119 Å². The molecule has 0 aromatic rings. The number of hydrogen-bond donors (Lipinski definition) is 14. The standard InChI is InChI=1S/C59H92O27/c1-10-24(2)48(75)85-45-46(78-25(3)63)59(23-62)27(18-54(45,4)5)26-11-12-33-55(6)15-14-35(56(7,22-61)32(55)13-16-57(33,8)58(26,9)19-34(59)66)81-53-44(84-52-40(71)38(69)37(68)31(20-60)80-52)42(41(72)43(83-53)47(73)74)82-50-30(17-28(64)49(76)86-50)79-51-39(70)36(67)29(65)21-77-51/h10-11,27-46,49-53,60-62,64-72,76H,12-23H2,1-9H3,(H,73,74). The number of ether oxygens (including phenoxy) is 10. The van der Waals surface area contributed by atoms with E-state index in [1.807, 2.05) is 20.8 Å². The minimum Gasteiger partial charge on any atom is -0.479 e. The molecule has 0 aromatic heterocycles. The third kappa shape index (κ3) is 11.1. The molecular weight excluding hydrogens is 1140 g/mol. The zero-order chi connectivity index (χ0) is 63.3. The second-order valence-electron chi connectivity index (χ2n) is 27.5. The molecule has 86 heavy (non-hydrogen) atoms. The molecule has 0 amide bonds. The Morgan fingerprint density at radius 1 is 0.674 bits per heavy atom. The first-order valence-electron chi connectivity index (χ1n) is 30.0. The first-order chi connectivity index (χ1) is 40.2. The predicted molar refractivity (Wildman–Crippen MR) is 289 cm³/mol. The summed E-state index contributed by atoms with van der Waals surface area (Å²) in [5, 5.41) is 155. The summed E-state index contributed by atoms with van der Waals surface area (Å²) >= 11 is 0. The number of aliphatic hydroxyl groups is 13. The topological polar surface area (TPSA) is 427 Å². The summed E-state index contributed by atoms with van der Waals surface area (Å²) in [6, 6.07) is 0. The van der Waals surface area contributed by atoms with E-state index in [1.165, 1.54) is 6.92 Å². The molecule has 30 unspecified atom stereocenters. The van der Waals surface area contributed by atoms with Gasteiger partial charge in [0, 0.05) is 29.7 Å². The highest BCUT2D eigenvalue weighted by molar-refractivity contribution is 5.87. The maximum Gasteiger partial charge on any atom is 0.335 e. The summed E-state index contributed by atoms with van der Waals surface area (Å²) < 4.78 is 60.6. The molecule has 4 saturated carbocycles. The molecule has 4 saturated heterocycles. The lowest BCUT2D eigenvalue weighted by Crippen LogP contribution is -2.72. The number of aliphatic carboxylic acids is 1. The van der Waals surface area contributed by atoms with Crippen LogP contribution >= 0.6 is 0 Å². The monoisotopic (exact) mass is 1230 g/mol. The van der Waals surface area contributed by atoms with E-state index in [0.29, 0.717) is 37.7 Å². The highest BCUT2D eigenvalue weighted by atomic mass is 16.8. The highest BCUT2D eigenvalue weighted by Gasteiger charge is 2.74. The van der Waals surface area contributed by atoms with E-state index in [1.54, 1.807) is 19.9 Å². The molecule has 9 rings (SSSR count). The predicted octanol–water partition coefficient (Wildman–Crippen LogP) is -1.87. The summed E-state index contributed by atoms with van der Waals surface area (Å²) in [7, 11) is 0. The maximum absolute atomic E-state index is 13.5. The molecule has 9 aliphatic rings. The Balaban J connectivity index is 1.05. The first kappa shape index (κ1) is 67.4. The SMILES string of the molecule is CC=C(C)C(=O)OC1C(OC(C)=O)C2(CO)C(O)CC3(C)C(=CCC4C5(C)CCC(OC6OC(C(=O)O)C(O)C(OC7OC(O)C(O)CC7OC7OCC(O)C(O)C7O)C6OC6OC(CO)C(O)C(O)C6O)C(C)(CO)C5CCC43C)C2CC1(C)C. The van der Waals surface area contributed by atoms with E-state index >= 15 is 0 Å². The van der Waals surface area contributed by atoms with Crippen molar-refractivity contribution >= 4 is 17.9 Å². The minimum atomic E-state index is -2.26. The number of esters is 2. The normalized spacial score (nSPS) is 51.2. The number of allylic oxidation sites excluding steroid dienone is 3. The van der Waals surface area contributed by atoms with Crippen LogP contribution in [0.4, 0.5) is 0 Å². The number of carbonyl (C=O) groups is 3. The van der Waals surface area contributed by atoms with E-state index in [2.05, 4.69) is 26.8 Å². The summed E-state index contributed by atoms with van der Waals surface area (Å²) in [4.78, 5) is 39.7. The molecular formula is C59H92O27. The Morgan fingerprint density at radius 3 is 1.98 bits per heavy atom. The Morgan fingerprint density at radius 2 is 1.35 bits per heavy atom. The van der Waals surface area contributed by atoms with E-state index < -0.39 is 224 Å². The molecule has 4 aliphatic heterocycles. The molecule has 0 radical (unpaired) electrons. The quantitative estimate of drug-likeness (QED) is 0.0370. The van der Waals surface area contributed by atoms with Crippen molar-refractivity contribution in [2.24, 2.45) is 50.2 Å². The van der Waals surface area contributed by atoms with E-state index in [9.17, 15) is 85.9 Å². The van der Waals surface area contributed by atoms with Crippen LogP contribution in [-0.4, -0.2) is 251 Å². The number of rotatable bonds is 15. The average molecular weight is 1230 g/mol. The van der Waals surface area contributed by atoms with Crippen molar-refractivity contribution in [3.8, 4) is 0 Å². The van der Waals surface area contributed by atoms with Crippen LogP contribution in [0.5, 0.6) is 0 Å². The van der Waals surface area contributed by atoms with E-state index in [4.69, 9.17) is 47.4 Å². The number of hydrogen-bond acceptors (Lipinski definition) is 26. The van der Waals surface area contributed by atoms with Gasteiger partial charge in [-0.1, -0.05) is 59.3 Å². The molecule has 8 fully saturated rings. The number of carboxylic acid groups (broad SMARTS) is 1. The van der Waals surface area contributed by atoms with E-state index in [-0.39, 0.29) is 24.7 Å². The Hall–Kier alpha value is -2.95. The molecule has 5 aliphatic carbocycles. The smallest absolute Gasteiger partial charge is 0.335 e. The summed E-state index contributed by atoms with van der Waals surface area (Å²) in [5.41, 5.74) is -4.00. The number of aliphatic hydroxyl groups excluding tert-OH is 13. The lowest BCUT2D eigenvalue weighted by molar-refractivity contribution is -0.406. The molecule has 27 heteroatoms. The van der Waals surface area contributed by atoms with Crippen LogP contribution in [0.25, 0.3) is 0 Å². The van der Waals surface area contributed by atoms with Crippen LogP contribution in [0, 0.1) is 50.2 Å². The summed E-state index contributed by atoms with van der Waals surface area (Å²) in [6.07, 6.45) is -32.5. The molecule has 0 spiro atoms. The Labute approximate surface area is 498 Å². The molecule has 0 bridgehead atoms. The largest absolute Gasteiger partial charge is 0.479 e. The third-order valence-electron chi connectivity index (χ3n) is 22.3. The van der Waals surface area contributed by atoms with Gasteiger partial charge in [-0.05, 0) is 92.8 Å². The highest BCUT2D eigenvalue weighted by Crippen LogP contribution is 2.76. The molecule has 4 heterocycles. The fourth-order valence-corrected chi connectivity index (χ4v) is 17.2.